The van der Waals surface area contributed by atoms with Gasteiger partial charge in [-0.15, -0.1) is 0 Å². The van der Waals surface area contributed by atoms with Crippen LogP contribution in [0.2, 0.25) is 0 Å². The van der Waals surface area contributed by atoms with Gasteiger partial charge in [0.05, 0.1) is 6.04 Å². The summed E-state index contributed by atoms with van der Waals surface area (Å²) in [5, 5.41) is 0. The van der Waals surface area contributed by atoms with Gasteiger partial charge in [-0.25, -0.2) is 8.78 Å². The van der Waals surface area contributed by atoms with Crippen LogP contribution in [0.4, 0.5) is 8.78 Å². The van der Waals surface area contributed by atoms with Crippen molar-refractivity contribution in [2.75, 3.05) is 0 Å². The number of amides is 1. The monoisotopic (exact) mass is 249 g/mol. The molecule has 2 aliphatic heterocycles. The Morgan fingerprint density at radius 2 is 2.06 bits per heavy atom. The second-order valence-corrected chi connectivity index (χ2v) is 4.80. The SMILES string of the molecule is O=C(c1ccc(F)c(F)c1)N1C2C=CCC1CC2. The molecule has 1 aromatic rings. The molecular weight excluding hydrogens is 236 g/mol. The Bertz CT molecular complexity index is 527. The van der Waals surface area contributed by atoms with Crippen LogP contribution in [0.25, 0.3) is 0 Å². The number of carbonyl (C=O) groups is 1. The molecule has 2 heterocycles. The minimum Gasteiger partial charge on any atom is -0.329 e. The highest BCUT2D eigenvalue weighted by Gasteiger charge is 2.37. The van der Waals surface area contributed by atoms with Gasteiger partial charge in [0, 0.05) is 11.6 Å². The number of nitrogens with zero attached hydrogens (tertiary/aromatic N) is 1. The summed E-state index contributed by atoms with van der Waals surface area (Å²) in [5.41, 5.74) is 0.223. The molecular formula is C14H13F2NO. The van der Waals surface area contributed by atoms with Crippen molar-refractivity contribution < 1.29 is 13.6 Å². The number of carbonyl (C=O) groups excluding carboxylic acids is 1. The number of hydrogen-bond donors (Lipinski definition) is 0. The second kappa shape index (κ2) is 4.19. The second-order valence-electron chi connectivity index (χ2n) is 4.80. The van der Waals surface area contributed by atoms with E-state index in [0.29, 0.717) is 0 Å². The third kappa shape index (κ3) is 1.72. The van der Waals surface area contributed by atoms with E-state index in [1.807, 2.05) is 6.08 Å². The number of rotatable bonds is 1. The first-order chi connectivity index (χ1) is 8.66. The molecule has 2 unspecified atom stereocenters. The average Bonchev–Trinajstić information content (AvgIpc) is 2.61. The van der Waals surface area contributed by atoms with Gasteiger partial charge in [0.25, 0.3) is 5.91 Å². The van der Waals surface area contributed by atoms with E-state index in [1.54, 1.807) is 4.90 Å². The Labute approximate surface area is 104 Å². The standard InChI is InChI=1S/C14H13F2NO/c15-12-7-4-9(8-13(12)16)14(18)17-10-2-1-3-11(17)6-5-10/h1-2,4,7-8,10-11H,3,5-6H2. The summed E-state index contributed by atoms with van der Waals surface area (Å²) in [4.78, 5) is 14.1. The highest BCUT2D eigenvalue weighted by Crippen LogP contribution is 2.32. The van der Waals surface area contributed by atoms with Crippen LogP contribution >= 0.6 is 0 Å². The van der Waals surface area contributed by atoms with Crippen LogP contribution in [0.5, 0.6) is 0 Å². The third-order valence-corrected chi connectivity index (χ3v) is 3.71. The molecule has 2 aliphatic rings. The van der Waals surface area contributed by atoms with Gasteiger partial charge in [0.15, 0.2) is 11.6 Å². The van der Waals surface area contributed by atoms with Crippen molar-refractivity contribution >= 4 is 5.91 Å². The molecule has 0 N–H and O–H groups in total. The fourth-order valence-corrected chi connectivity index (χ4v) is 2.82. The van der Waals surface area contributed by atoms with Crippen molar-refractivity contribution in [1.82, 2.24) is 4.90 Å². The zero-order valence-electron chi connectivity index (χ0n) is 9.77. The van der Waals surface area contributed by atoms with Crippen LogP contribution < -0.4 is 0 Å². The van der Waals surface area contributed by atoms with Gasteiger partial charge in [-0.05, 0) is 37.5 Å². The molecule has 1 saturated heterocycles. The lowest BCUT2D eigenvalue weighted by molar-refractivity contribution is 0.0688. The topological polar surface area (TPSA) is 20.3 Å². The molecule has 0 saturated carbocycles. The highest BCUT2D eigenvalue weighted by molar-refractivity contribution is 5.95. The molecule has 0 aliphatic carbocycles. The summed E-state index contributed by atoms with van der Waals surface area (Å²) < 4.78 is 26.0. The number of halogens is 2. The number of benzene rings is 1. The zero-order chi connectivity index (χ0) is 12.7. The Morgan fingerprint density at radius 3 is 2.78 bits per heavy atom. The van der Waals surface area contributed by atoms with E-state index in [2.05, 4.69) is 6.08 Å². The van der Waals surface area contributed by atoms with E-state index in [-0.39, 0.29) is 23.6 Å². The molecule has 1 aromatic carbocycles. The summed E-state index contributed by atoms with van der Waals surface area (Å²) >= 11 is 0. The van der Waals surface area contributed by atoms with Crippen molar-refractivity contribution in [3.8, 4) is 0 Å². The van der Waals surface area contributed by atoms with Crippen LogP contribution in [0.1, 0.15) is 29.6 Å². The maximum atomic E-state index is 13.2. The summed E-state index contributed by atoms with van der Waals surface area (Å²) in [6.07, 6.45) is 6.91. The fraction of sp³-hybridized carbons (Fsp3) is 0.357. The summed E-state index contributed by atoms with van der Waals surface area (Å²) in [5.74, 6) is -2.10. The molecule has 1 fully saturated rings. The predicted molar refractivity (Wildman–Crippen MR) is 63.1 cm³/mol. The van der Waals surface area contributed by atoms with E-state index < -0.39 is 11.6 Å². The van der Waals surface area contributed by atoms with Crippen LogP contribution in [0.15, 0.2) is 30.4 Å². The predicted octanol–water partition coefficient (Wildman–Crippen LogP) is 2.90. The molecule has 4 heteroatoms. The van der Waals surface area contributed by atoms with E-state index in [1.165, 1.54) is 6.07 Å². The van der Waals surface area contributed by atoms with Crippen molar-refractivity contribution in [2.24, 2.45) is 0 Å². The average molecular weight is 249 g/mol. The Kier molecular flexibility index (Phi) is 2.65. The summed E-state index contributed by atoms with van der Waals surface area (Å²) in [6.45, 7) is 0. The van der Waals surface area contributed by atoms with Gasteiger partial charge >= 0.3 is 0 Å². The van der Waals surface area contributed by atoms with Crippen LogP contribution in [0, 0.1) is 11.6 Å². The summed E-state index contributed by atoms with van der Waals surface area (Å²) in [6, 6.07) is 3.66. The van der Waals surface area contributed by atoms with Crippen molar-refractivity contribution in [3.63, 3.8) is 0 Å². The molecule has 1 amide bonds. The highest BCUT2D eigenvalue weighted by atomic mass is 19.2. The van der Waals surface area contributed by atoms with Crippen molar-refractivity contribution in [2.45, 2.75) is 31.3 Å². The minimum absolute atomic E-state index is 0.115. The van der Waals surface area contributed by atoms with Gasteiger partial charge in [-0.1, -0.05) is 12.2 Å². The maximum Gasteiger partial charge on any atom is 0.254 e. The quantitative estimate of drug-likeness (QED) is 0.701. The minimum atomic E-state index is -0.972. The number of hydrogen-bond acceptors (Lipinski definition) is 1. The lowest BCUT2D eigenvalue weighted by Gasteiger charge is -2.31. The largest absolute Gasteiger partial charge is 0.329 e. The normalized spacial score (nSPS) is 25.6. The van der Waals surface area contributed by atoms with Crippen molar-refractivity contribution in [3.05, 3.63) is 47.5 Å². The molecule has 2 bridgehead atoms. The lowest BCUT2D eigenvalue weighted by Crippen LogP contribution is -2.42. The van der Waals surface area contributed by atoms with Gasteiger partial charge in [0.1, 0.15) is 0 Å². The maximum absolute atomic E-state index is 13.2. The van der Waals surface area contributed by atoms with E-state index in [9.17, 15) is 13.6 Å². The molecule has 3 rings (SSSR count). The van der Waals surface area contributed by atoms with E-state index in [0.717, 1.165) is 31.4 Å². The van der Waals surface area contributed by atoms with Gasteiger partial charge in [-0.2, -0.15) is 0 Å². The molecule has 0 spiro atoms. The first-order valence-electron chi connectivity index (χ1n) is 6.11. The van der Waals surface area contributed by atoms with E-state index in [4.69, 9.17) is 0 Å². The molecule has 18 heavy (non-hydrogen) atoms. The van der Waals surface area contributed by atoms with Crippen molar-refractivity contribution in [1.29, 1.82) is 0 Å². The molecule has 0 aromatic heterocycles. The third-order valence-electron chi connectivity index (χ3n) is 3.71. The first-order valence-corrected chi connectivity index (χ1v) is 6.11. The van der Waals surface area contributed by atoms with Crippen LogP contribution in [-0.2, 0) is 0 Å². The lowest BCUT2D eigenvalue weighted by atomic mass is 10.1. The molecule has 2 atom stereocenters. The fourth-order valence-electron chi connectivity index (χ4n) is 2.82. The summed E-state index contributed by atoms with van der Waals surface area (Å²) in [7, 11) is 0. The Balaban J connectivity index is 1.91. The Hall–Kier alpha value is -1.71. The molecule has 0 radical (unpaired) electrons. The first kappa shape index (κ1) is 11.4. The van der Waals surface area contributed by atoms with Crippen LogP contribution in [0.3, 0.4) is 0 Å². The smallest absolute Gasteiger partial charge is 0.254 e. The zero-order valence-corrected chi connectivity index (χ0v) is 9.77. The van der Waals surface area contributed by atoms with E-state index >= 15 is 0 Å². The molecule has 94 valence electrons. The van der Waals surface area contributed by atoms with Gasteiger partial charge in [0.2, 0.25) is 0 Å². The van der Waals surface area contributed by atoms with Gasteiger partial charge in [-0.3, -0.25) is 4.79 Å². The number of fused-ring (bicyclic) bond motifs is 2. The molecule has 2 nitrogen and oxygen atoms in total. The van der Waals surface area contributed by atoms with Crippen LogP contribution in [-0.4, -0.2) is 22.9 Å². The van der Waals surface area contributed by atoms with Gasteiger partial charge < -0.3 is 4.90 Å². The Morgan fingerprint density at radius 1 is 1.22 bits per heavy atom.